The molecule has 2 aromatic rings. The molecule has 154 valence electrons. The minimum Gasteiger partial charge on any atom is -0.508 e. The molecule has 5 heteroatoms. The Balaban J connectivity index is 1.22. The van der Waals surface area contributed by atoms with Crippen LogP contribution in [0.5, 0.6) is 5.75 Å². The van der Waals surface area contributed by atoms with E-state index in [0.717, 1.165) is 44.2 Å². The predicted molar refractivity (Wildman–Crippen MR) is 115 cm³/mol. The van der Waals surface area contributed by atoms with Gasteiger partial charge in [-0.3, -0.25) is 0 Å². The minimum absolute atomic E-state index is 0.0781. The monoisotopic (exact) mass is 393 g/mol. The second-order valence-electron chi connectivity index (χ2n) is 8.47. The zero-order chi connectivity index (χ0) is 20.2. The molecule has 0 saturated heterocycles. The van der Waals surface area contributed by atoms with Crippen LogP contribution < -0.4 is 16.0 Å². The Bertz CT molecular complexity index is 842. The lowest BCUT2D eigenvalue weighted by Gasteiger charge is -2.27. The van der Waals surface area contributed by atoms with Crippen molar-refractivity contribution in [2.45, 2.75) is 57.7 Å². The molecule has 2 amide bonds. The van der Waals surface area contributed by atoms with Crippen molar-refractivity contribution >= 4 is 6.03 Å². The van der Waals surface area contributed by atoms with E-state index in [1.807, 2.05) is 12.1 Å². The first-order valence-electron chi connectivity index (χ1n) is 10.8. The molecule has 0 radical (unpaired) electrons. The van der Waals surface area contributed by atoms with Crippen LogP contribution in [-0.2, 0) is 25.8 Å². The maximum Gasteiger partial charge on any atom is 0.315 e. The van der Waals surface area contributed by atoms with Gasteiger partial charge in [0.1, 0.15) is 5.75 Å². The highest BCUT2D eigenvalue weighted by Crippen LogP contribution is 2.29. The average Bonchev–Trinajstić information content (AvgIpc) is 3.14. The fourth-order valence-corrected chi connectivity index (χ4v) is 4.71. The number of rotatable bonds is 6. The lowest BCUT2D eigenvalue weighted by atomic mass is 9.95. The third kappa shape index (κ3) is 4.91. The summed E-state index contributed by atoms with van der Waals surface area (Å²) in [5.41, 5.74) is 5.30. The van der Waals surface area contributed by atoms with Gasteiger partial charge in [0.25, 0.3) is 0 Å². The van der Waals surface area contributed by atoms with Crippen molar-refractivity contribution in [3.05, 3.63) is 64.7 Å². The Kier molecular flexibility index (Phi) is 6.05. The van der Waals surface area contributed by atoms with E-state index in [1.54, 1.807) is 6.07 Å². The first-order valence-corrected chi connectivity index (χ1v) is 10.8. The van der Waals surface area contributed by atoms with Gasteiger partial charge in [-0.25, -0.2) is 4.79 Å². The van der Waals surface area contributed by atoms with E-state index in [4.69, 9.17) is 0 Å². The first kappa shape index (κ1) is 19.8. The van der Waals surface area contributed by atoms with Crippen molar-refractivity contribution in [3.63, 3.8) is 0 Å². The zero-order valence-corrected chi connectivity index (χ0v) is 17.1. The SMILES string of the molecule is CCC(CC1Cc2ccccc2C1)NC(=O)NCC1Cc2ccc(O)cc2CN1. The molecule has 1 aliphatic carbocycles. The third-order valence-electron chi connectivity index (χ3n) is 6.33. The molecular weight excluding hydrogens is 362 g/mol. The number of benzene rings is 2. The van der Waals surface area contributed by atoms with E-state index >= 15 is 0 Å². The number of phenols is 1. The molecule has 0 fully saturated rings. The summed E-state index contributed by atoms with van der Waals surface area (Å²) < 4.78 is 0. The maximum atomic E-state index is 12.5. The van der Waals surface area contributed by atoms with Crippen LogP contribution in [0.3, 0.4) is 0 Å². The zero-order valence-electron chi connectivity index (χ0n) is 17.1. The van der Waals surface area contributed by atoms with Crippen LogP contribution >= 0.6 is 0 Å². The lowest BCUT2D eigenvalue weighted by molar-refractivity contribution is 0.232. The van der Waals surface area contributed by atoms with E-state index in [0.29, 0.717) is 18.2 Å². The van der Waals surface area contributed by atoms with Gasteiger partial charge in [-0.15, -0.1) is 0 Å². The Morgan fingerprint density at radius 2 is 1.83 bits per heavy atom. The number of fused-ring (bicyclic) bond motifs is 2. The van der Waals surface area contributed by atoms with Crippen molar-refractivity contribution in [2.75, 3.05) is 6.54 Å². The van der Waals surface area contributed by atoms with E-state index in [2.05, 4.69) is 47.1 Å². The predicted octanol–water partition coefficient (Wildman–Crippen LogP) is 3.29. The van der Waals surface area contributed by atoms with E-state index < -0.39 is 0 Å². The van der Waals surface area contributed by atoms with Crippen molar-refractivity contribution in [1.29, 1.82) is 0 Å². The number of carbonyl (C=O) groups excluding carboxylic acids is 1. The number of hydrogen-bond acceptors (Lipinski definition) is 3. The maximum absolute atomic E-state index is 12.5. The molecule has 2 atom stereocenters. The molecule has 2 aliphatic rings. The number of nitrogens with one attached hydrogen (secondary N) is 3. The van der Waals surface area contributed by atoms with Crippen LogP contribution in [0.2, 0.25) is 0 Å². The van der Waals surface area contributed by atoms with Crippen LogP contribution in [0.15, 0.2) is 42.5 Å². The number of aromatic hydroxyl groups is 1. The number of hydrogen-bond donors (Lipinski definition) is 4. The van der Waals surface area contributed by atoms with Crippen LogP contribution in [-0.4, -0.2) is 29.8 Å². The first-order chi connectivity index (χ1) is 14.1. The van der Waals surface area contributed by atoms with Gasteiger partial charge < -0.3 is 21.1 Å². The van der Waals surface area contributed by atoms with Gasteiger partial charge >= 0.3 is 6.03 Å². The highest BCUT2D eigenvalue weighted by atomic mass is 16.3. The van der Waals surface area contributed by atoms with E-state index in [1.165, 1.54) is 16.7 Å². The fourth-order valence-electron chi connectivity index (χ4n) is 4.71. The molecule has 0 bridgehead atoms. The molecule has 2 aromatic carbocycles. The number of phenolic OH excluding ortho intramolecular Hbond substituents is 1. The normalized spacial score (nSPS) is 19.3. The van der Waals surface area contributed by atoms with Crippen LogP contribution in [0.25, 0.3) is 0 Å². The number of amides is 2. The molecular formula is C24H31N3O2. The van der Waals surface area contributed by atoms with Crippen LogP contribution in [0.4, 0.5) is 4.79 Å². The molecule has 0 saturated carbocycles. The van der Waals surface area contributed by atoms with Gasteiger partial charge in [-0.05, 0) is 72.4 Å². The summed E-state index contributed by atoms with van der Waals surface area (Å²) in [7, 11) is 0. The number of carbonyl (C=O) groups is 1. The number of urea groups is 1. The quantitative estimate of drug-likeness (QED) is 0.609. The molecule has 0 spiro atoms. The lowest BCUT2D eigenvalue weighted by Crippen LogP contribution is -2.49. The summed E-state index contributed by atoms with van der Waals surface area (Å²) in [6.07, 6.45) is 5.07. The van der Waals surface area contributed by atoms with Crippen molar-refractivity contribution in [3.8, 4) is 5.75 Å². The Labute approximate surface area is 172 Å². The van der Waals surface area contributed by atoms with Gasteiger partial charge in [0.05, 0.1) is 0 Å². The van der Waals surface area contributed by atoms with E-state index in [9.17, 15) is 9.90 Å². The topological polar surface area (TPSA) is 73.4 Å². The smallest absolute Gasteiger partial charge is 0.315 e. The summed E-state index contributed by atoms with van der Waals surface area (Å²) in [4.78, 5) is 12.5. The van der Waals surface area contributed by atoms with Crippen molar-refractivity contribution in [2.24, 2.45) is 5.92 Å². The van der Waals surface area contributed by atoms with Crippen LogP contribution in [0, 0.1) is 5.92 Å². The molecule has 29 heavy (non-hydrogen) atoms. The largest absolute Gasteiger partial charge is 0.508 e. The third-order valence-corrected chi connectivity index (χ3v) is 6.33. The Morgan fingerprint density at radius 1 is 1.10 bits per heavy atom. The van der Waals surface area contributed by atoms with E-state index in [-0.39, 0.29) is 18.1 Å². The summed E-state index contributed by atoms with van der Waals surface area (Å²) >= 11 is 0. The highest BCUT2D eigenvalue weighted by Gasteiger charge is 2.25. The fraction of sp³-hybridized carbons (Fsp3) is 0.458. The molecule has 1 heterocycles. The molecule has 1 aliphatic heterocycles. The minimum atomic E-state index is -0.0781. The van der Waals surface area contributed by atoms with Gasteiger partial charge in [-0.2, -0.15) is 0 Å². The Morgan fingerprint density at radius 3 is 2.55 bits per heavy atom. The molecule has 5 nitrogen and oxygen atoms in total. The summed E-state index contributed by atoms with van der Waals surface area (Å²) in [5, 5.41) is 19.3. The second kappa shape index (κ2) is 8.87. The highest BCUT2D eigenvalue weighted by molar-refractivity contribution is 5.74. The molecule has 4 rings (SSSR count). The molecule has 2 unspecified atom stereocenters. The van der Waals surface area contributed by atoms with Gasteiger partial charge in [0.2, 0.25) is 0 Å². The van der Waals surface area contributed by atoms with Crippen molar-refractivity contribution < 1.29 is 9.90 Å². The standard InChI is InChI=1S/C24H31N3O2/c1-2-21(11-16-9-17-5-3-4-6-18(17)10-16)27-24(29)26-15-22-12-19-7-8-23(28)13-20(19)14-25-22/h3-8,13,16,21-22,25,28H,2,9-12,14-15H2,1H3,(H2,26,27,29). The van der Waals surface area contributed by atoms with Gasteiger partial charge in [0, 0.05) is 25.2 Å². The second-order valence-corrected chi connectivity index (χ2v) is 8.47. The average molecular weight is 394 g/mol. The summed E-state index contributed by atoms with van der Waals surface area (Å²) in [6.45, 7) is 3.46. The van der Waals surface area contributed by atoms with Crippen LogP contribution in [0.1, 0.15) is 42.0 Å². The molecule has 0 aromatic heterocycles. The molecule has 4 N–H and O–H groups in total. The van der Waals surface area contributed by atoms with Gasteiger partial charge in [-0.1, -0.05) is 37.3 Å². The summed E-state index contributed by atoms with van der Waals surface area (Å²) in [5.74, 6) is 0.919. The summed E-state index contributed by atoms with van der Waals surface area (Å²) in [6, 6.07) is 14.5. The van der Waals surface area contributed by atoms with Crippen molar-refractivity contribution in [1.82, 2.24) is 16.0 Å². The Hall–Kier alpha value is -2.53. The van der Waals surface area contributed by atoms with Gasteiger partial charge in [0.15, 0.2) is 0 Å².